The third kappa shape index (κ3) is 4.48. The largest absolute Gasteiger partial charge is 0.356 e. The molecule has 0 spiro atoms. The maximum Gasteiger partial charge on any atom is 0.223 e. The number of nitrogens with one attached hydrogen (secondary N) is 1. The van der Waals surface area contributed by atoms with E-state index in [1.165, 1.54) is 44.9 Å². The van der Waals surface area contributed by atoms with Gasteiger partial charge in [0.1, 0.15) is 0 Å². The van der Waals surface area contributed by atoms with Crippen LogP contribution in [0.5, 0.6) is 0 Å². The Labute approximate surface area is 117 Å². The summed E-state index contributed by atoms with van der Waals surface area (Å²) in [5.41, 5.74) is 5.79. The first kappa shape index (κ1) is 14.8. The van der Waals surface area contributed by atoms with Crippen LogP contribution in [-0.2, 0) is 4.79 Å². The van der Waals surface area contributed by atoms with Crippen molar-refractivity contribution >= 4 is 5.91 Å². The second-order valence-corrected chi connectivity index (χ2v) is 6.47. The van der Waals surface area contributed by atoms with Crippen LogP contribution in [-0.4, -0.2) is 19.0 Å². The first-order valence-corrected chi connectivity index (χ1v) is 8.29. The van der Waals surface area contributed by atoms with Crippen molar-refractivity contribution in [2.45, 2.75) is 64.2 Å². The van der Waals surface area contributed by atoms with E-state index in [1.807, 2.05) is 0 Å². The van der Waals surface area contributed by atoms with Gasteiger partial charge >= 0.3 is 0 Å². The molecule has 0 aromatic heterocycles. The van der Waals surface area contributed by atoms with Crippen molar-refractivity contribution in [1.82, 2.24) is 5.32 Å². The normalized spacial score (nSPS) is 28.5. The van der Waals surface area contributed by atoms with Gasteiger partial charge in [-0.2, -0.15) is 0 Å². The van der Waals surface area contributed by atoms with E-state index in [9.17, 15) is 4.79 Å². The zero-order chi connectivity index (χ0) is 13.5. The number of rotatable bonds is 6. The highest BCUT2D eigenvalue weighted by molar-refractivity contribution is 5.79. The van der Waals surface area contributed by atoms with Gasteiger partial charge in [0.25, 0.3) is 0 Å². The fraction of sp³-hybridized carbons (Fsp3) is 0.938. The molecule has 3 nitrogen and oxygen atoms in total. The van der Waals surface area contributed by atoms with Crippen molar-refractivity contribution in [1.29, 1.82) is 0 Å². The average Bonchev–Trinajstić information content (AvgIpc) is 2.96. The molecule has 2 fully saturated rings. The van der Waals surface area contributed by atoms with Gasteiger partial charge in [-0.25, -0.2) is 0 Å². The van der Waals surface area contributed by atoms with Crippen LogP contribution < -0.4 is 11.1 Å². The topological polar surface area (TPSA) is 55.1 Å². The van der Waals surface area contributed by atoms with Crippen molar-refractivity contribution in [3.8, 4) is 0 Å². The molecule has 1 amide bonds. The minimum Gasteiger partial charge on any atom is -0.356 e. The molecule has 0 aromatic carbocycles. The lowest BCUT2D eigenvalue weighted by Gasteiger charge is -2.29. The standard InChI is InChI=1S/C16H30N2O/c17-12-14-9-3-4-10-15(14)16(19)18-11-5-8-13-6-1-2-7-13/h13-15H,1-12,17H2,(H,18,19). The van der Waals surface area contributed by atoms with Crippen LogP contribution >= 0.6 is 0 Å². The molecule has 2 atom stereocenters. The second-order valence-electron chi connectivity index (χ2n) is 6.47. The highest BCUT2D eigenvalue weighted by Gasteiger charge is 2.29. The molecule has 0 aromatic rings. The summed E-state index contributed by atoms with van der Waals surface area (Å²) in [6.07, 6.45) is 12.7. The zero-order valence-electron chi connectivity index (χ0n) is 12.2. The number of amides is 1. The molecule has 19 heavy (non-hydrogen) atoms. The number of hydrogen-bond donors (Lipinski definition) is 2. The van der Waals surface area contributed by atoms with E-state index in [1.54, 1.807) is 0 Å². The van der Waals surface area contributed by atoms with E-state index in [-0.39, 0.29) is 11.8 Å². The minimum absolute atomic E-state index is 0.185. The Morgan fingerprint density at radius 2 is 1.74 bits per heavy atom. The first-order valence-electron chi connectivity index (χ1n) is 8.29. The van der Waals surface area contributed by atoms with Crippen LogP contribution in [0.4, 0.5) is 0 Å². The SMILES string of the molecule is NCC1CCCCC1C(=O)NCCCC1CCCC1. The van der Waals surface area contributed by atoms with E-state index in [0.29, 0.717) is 12.5 Å². The highest BCUT2D eigenvalue weighted by Crippen LogP contribution is 2.30. The lowest BCUT2D eigenvalue weighted by molar-refractivity contribution is -0.127. The van der Waals surface area contributed by atoms with Crippen LogP contribution in [0.25, 0.3) is 0 Å². The van der Waals surface area contributed by atoms with Crippen molar-refractivity contribution in [2.24, 2.45) is 23.5 Å². The molecule has 0 saturated heterocycles. The Hall–Kier alpha value is -0.570. The predicted octanol–water partition coefficient (Wildman–Crippen LogP) is 2.84. The molecule has 3 N–H and O–H groups in total. The van der Waals surface area contributed by atoms with E-state index in [0.717, 1.165) is 31.7 Å². The summed E-state index contributed by atoms with van der Waals surface area (Å²) < 4.78 is 0. The van der Waals surface area contributed by atoms with Gasteiger partial charge in [0.15, 0.2) is 0 Å². The van der Waals surface area contributed by atoms with Crippen LogP contribution in [0.1, 0.15) is 64.2 Å². The Morgan fingerprint density at radius 1 is 1.05 bits per heavy atom. The number of nitrogens with two attached hydrogens (primary N) is 1. The van der Waals surface area contributed by atoms with Crippen molar-refractivity contribution in [2.75, 3.05) is 13.1 Å². The Morgan fingerprint density at radius 3 is 2.47 bits per heavy atom. The predicted molar refractivity (Wildman–Crippen MR) is 78.7 cm³/mol. The number of hydrogen-bond acceptors (Lipinski definition) is 2. The van der Waals surface area contributed by atoms with Crippen LogP contribution in [0.2, 0.25) is 0 Å². The summed E-state index contributed by atoms with van der Waals surface area (Å²) in [5, 5.41) is 3.15. The van der Waals surface area contributed by atoms with Gasteiger partial charge in [0, 0.05) is 12.5 Å². The van der Waals surface area contributed by atoms with E-state index < -0.39 is 0 Å². The maximum atomic E-state index is 12.2. The highest BCUT2D eigenvalue weighted by atomic mass is 16.1. The fourth-order valence-corrected chi connectivity index (χ4v) is 3.87. The van der Waals surface area contributed by atoms with Gasteiger partial charge in [0.2, 0.25) is 5.91 Å². The van der Waals surface area contributed by atoms with E-state index in [2.05, 4.69) is 5.32 Å². The molecular weight excluding hydrogens is 236 g/mol. The molecule has 110 valence electrons. The summed E-state index contributed by atoms with van der Waals surface area (Å²) in [7, 11) is 0. The molecular formula is C16H30N2O. The lowest BCUT2D eigenvalue weighted by atomic mass is 9.79. The van der Waals surface area contributed by atoms with Gasteiger partial charge in [0.05, 0.1) is 0 Å². The molecule has 2 aliphatic rings. The second kappa shape index (κ2) is 7.88. The summed E-state index contributed by atoms with van der Waals surface area (Å²) in [5.74, 6) is 1.80. The Bertz CT molecular complexity index is 274. The molecule has 2 unspecified atom stereocenters. The third-order valence-electron chi connectivity index (χ3n) is 5.11. The van der Waals surface area contributed by atoms with E-state index >= 15 is 0 Å². The average molecular weight is 266 g/mol. The van der Waals surface area contributed by atoms with Crippen molar-refractivity contribution < 1.29 is 4.79 Å². The van der Waals surface area contributed by atoms with Crippen molar-refractivity contribution in [3.05, 3.63) is 0 Å². The molecule has 0 aliphatic heterocycles. The Balaban J connectivity index is 1.62. The van der Waals surface area contributed by atoms with Crippen LogP contribution in [0.3, 0.4) is 0 Å². The zero-order valence-corrected chi connectivity index (χ0v) is 12.2. The van der Waals surface area contributed by atoms with Crippen LogP contribution in [0.15, 0.2) is 0 Å². The molecule has 0 heterocycles. The molecule has 3 heteroatoms. The van der Waals surface area contributed by atoms with Gasteiger partial charge in [-0.1, -0.05) is 38.5 Å². The van der Waals surface area contributed by atoms with Gasteiger partial charge in [-0.15, -0.1) is 0 Å². The van der Waals surface area contributed by atoms with E-state index in [4.69, 9.17) is 5.73 Å². The summed E-state index contributed by atoms with van der Waals surface area (Å²) in [6.45, 7) is 1.53. The summed E-state index contributed by atoms with van der Waals surface area (Å²) in [4.78, 5) is 12.2. The molecule has 2 aliphatic carbocycles. The number of carbonyl (C=O) groups is 1. The molecule has 0 radical (unpaired) electrons. The summed E-state index contributed by atoms with van der Waals surface area (Å²) >= 11 is 0. The van der Waals surface area contributed by atoms with Gasteiger partial charge in [-0.05, 0) is 44.1 Å². The quantitative estimate of drug-likeness (QED) is 0.726. The van der Waals surface area contributed by atoms with Gasteiger partial charge < -0.3 is 11.1 Å². The maximum absolute atomic E-state index is 12.2. The summed E-state index contributed by atoms with van der Waals surface area (Å²) in [6, 6.07) is 0. The smallest absolute Gasteiger partial charge is 0.223 e. The van der Waals surface area contributed by atoms with Gasteiger partial charge in [-0.3, -0.25) is 4.79 Å². The molecule has 2 rings (SSSR count). The Kier molecular flexibility index (Phi) is 6.15. The van der Waals surface area contributed by atoms with Crippen molar-refractivity contribution in [3.63, 3.8) is 0 Å². The lowest BCUT2D eigenvalue weighted by Crippen LogP contribution is -2.39. The first-order chi connectivity index (χ1) is 9.31. The number of carbonyl (C=O) groups excluding carboxylic acids is 1. The molecule has 0 bridgehead atoms. The minimum atomic E-state index is 0.185. The monoisotopic (exact) mass is 266 g/mol. The third-order valence-corrected chi connectivity index (χ3v) is 5.11. The fourth-order valence-electron chi connectivity index (χ4n) is 3.87. The molecule has 2 saturated carbocycles. The van der Waals surface area contributed by atoms with Crippen LogP contribution in [0, 0.1) is 17.8 Å².